The predicted octanol–water partition coefficient (Wildman–Crippen LogP) is 5.85. The number of rotatable bonds is 7. The summed E-state index contributed by atoms with van der Waals surface area (Å²) >= 11 is 0. The van der Waals surface area contributed by atoms with Crippen LogP contribution in [0.1, 0.15) is 49.4 Å². The van der Waals surface area contributed by atoms with Crippen molar-refractivity contribution in [1.29, 1.82) is 0 Å². The molecule has 1 amide bonds. The summed E-state index contributed by atoms with van der Waals surface area (Å²) in [6.45, 7) is 8.36. The molecule has 6 nitrogen and oxygen atoms in total. The Morgan fingerprint density at radius 2 is 1.54 bits per heavy atom. The summed E-state index contributed by atoms with van der Waals surface area (Å²) in [7, 11) is -4.18. The average molecular weight is 492 g/mol. The lowest BCUT2D eigenvalue weighted by Crippen LogP contribution is -2.31. The normalized spacial score (nSPS) is 16.3. The lowest BCUT2D eigenvalue weighted by atomic mass is 10.0. The van der Waals surface area contributed by atoms with Gasteiger partial charge in [-0.2, -0.15) is 0 Å². The maximum Gasteiger partial charge on any atom is 0.295 e. The van der Waals surface area contributed by atoms with E-state index in [1.807, 2.05) is 26.0 Å². The molecule has 1 N–H and O–H groups in total. The van der Waals surface area contributed by atoms with E-state index in [-0.39, 0.29) is 9.80 Å². The first-order chi connectivity index (χ1) is 16.6. The molecule has 0 aromatic heterocycles. The van der Waals surface area contributed by atoms with Crippen LogP contribution in [0.25, 0.3) is 0 Å². The first kappa shape index (κ1) is 24.5. The van der Waals surface area contributed by atoms with Crippen LogP contribution < -0.4 is 9.64 Å². The zero-order valence-corrected chi connectivity index (χ0v) is 21.0. The van der Waals surface area contributed by atoms with E-state index in [2.05, 4.69) is 13.8 Å². The molecule has 35 heavy (non-hydrogen) atoms. The Labute approximate surface area is 206 Å². The maximum absolute atomic E-state index is 13.8. The minimum absolute atomic E-state index is 0.0189. The summed E-state index contributed by atoms with van der Waals surface area (Å²) in [6.07, 6.45) is 0. The van der Waals surface area contributed by atoms with Crippen LogP contribution >= 0.6 is 0 Å². The highest BCUT2D eigenvalue weighted by Crippen LogP contribution is 2.45. The van der Waals surface area contributed by atoms with E-state index in [4.69, 9.17) is 4.74 Å². The van der Waals surface area contributed by atoms with Gasteiger partial charge in [-0.3, -0.25) is 9.69 Å². The summed E-state index contributed by atoms with van der Waals surface area (Å²) in [5.74, 6) is -0.599. The van der Waals surface area contributed by atoms with E-state index in [9.17, 15) is 18.3 Å². The molecule has 0 radical (unpaired) electrons. The van der Waals surface area contributed by atoms with Crippen molar-refractivity contribution in [2.45, 2.75) is 44.6 Å². The number of aliphatic hydroxyl groups is 1. The van der Waals surface area contributed by atoms with Crippen molar-refractivity contribution in [3.63, 3.8) is 0 Å². The van der Waals surface area contributed by atoms with Crippen LogP contribution in [0.5, 0.6) is 5.75 Å². The van der Waals surface area contributed by atoms with E-state index in [0.29, 0.717) is 29.5 Å². The van der Waals surface area contributed by atoms with Gasteiger partial charge in [-0.15, -0.1) is 0 Å². The molecule has 0 spiro atoms. The first-order valence-corrected chi connectivity index (χ1v) is 13.0. The fraction of sp³-hybridized carbons (Fsp3) is 0.250. The standard InChI is InChI=1S/C28H29NO5S/c1-5-34-23-14-10-21(11-15-23)25-27(35(32,33)24-16-6-19(4)7-17-24)26(30)28(31)29(25)22-12-8-20(9-13-22)18(2)3/h6-18,25,30H,5H2,1-4H3/t25-/m0/s1. The van der Waals surface area contributed by atoms with Gasteiger partial charge in [0, 0.05) is 5.69 Å². The first-order valence-electron chi connectivity index (χ1n) is 11.6. The molecule has 0 saturated carbocycles. The van der Waals surface area contributed by atoms with Crippen molar-refractivity contribution in [1.82, 2.24) is 0 Å². The maximum atomic E-state index is 13.8. The van der Waals surface area contributed by atoms with E-state index in [0.717, 1.165) is 11.1 Å². The quantitative estimate of drug-likeness (QED) is 0.448. The highest BCUT2D eigenvalue weighted by molar-refractivity contribution is 7.95. The number of aliphatic hydroxyl groups excluding tert-OH is 1. The largest absolute Gasteiger partial charge is 0.502 e. The summed E-state index contributed by atoms with van der Waals surface area (Å²) in [4.78, 5) is 14.4. The highest BCUT2D eigenvalue weighted by atomic mass is 32.2. The Balaban J connectivity index is 1.88. The summed E-state index contributed by atoms with van der Waals surface area (Å²) < 4.78 is 33.0. The third-order valence-corrected chi connectivity index (χ3v) is 8.02. The summed E-state index contributed by atoms with van der Waals surface area (Å²) in [5, 5.41) is 10.9. The number of amides is 1. The number of anilines is 1. The summed E-state index contributed by atoms with van der Waals surface area (Å²) in [5.41, 5.74) is 3.03. The predicted molar refractivity (Wildman–Crippen MR) is 136 cm³/mol. The monoisotopic (exact) mass is 491 g/mol. The zero-order valence-electron chi connectivity index (χ0n) is 20.2. The number of hydrogen-bond acceptors (Lipinski definition) is 5. The molecule has 3 aromatic carbocycles. The number of carbonyl (C=O) groups excluding carboxylic acids is 1. The van der Waals surface area contributed by atoms with Gasteiger partial charge in [0.15, 0.2) is 5.76 Å². The van der Waals surface area contributed by atoms with Gasteiger partial charge in [-0.1, -0.05) is 55.8 Å². The molecule has 0 aliphatic carbocycles. The molecule has 0 bridgehead atoms. The fourth-order valence-corrected chi connectivity index (χ4v) is 5.83. The number of carbonyl (C=O) groups is 1. The topological polar surface area (TPSA) is 83.9 Å². The van der Waals surface area contributed by atoms with Crippen LogP contribution in [-0.2, 0) is 14.6 Å². The number of sulfone groups is 1. The van der Waals surface area contributed by atoms with E-state index in [1.165, 1.54) is 17.0 Å². The van der Waals surface area contributed by atoms with Crippen LogP contribution in [0.3, 0.4) is 0 Å². The van der Waals surface area contributed by atoms with Crippen molar-refractivity contribution in [2.24, 2.45) is 0 Å². The molecule has 1 aliphatic heterocycles. The van der Waals surface area contributed by atoms with Gasteiger partial charge < -0.3 is 9.84 Å². The number of hydrogen-bond donors (Lipinski definition) is 1. The van der Waals surface area contributed by atoms with Crippen molar-refractivity contribution in [3.05, 3.63) is 100 Å². The second kappa shape index (κ2) is 9.58. The molecule has 1 aliphatic rings. The smallest absolute Gasteiger partial charge is 0.295 e. The van der Waals surface area contributed by atoms with Gasteiger partial charge in [-0.25, -0.2) is 8.42 Å². The van der Waals surface area contributed by atoms with Crippen LogP contribution in [-0.4, -0.2) is 26.0 Å². The molecule has 0 unspecified atom stereocenters. The Morgan fingerprint density at radius 1 is 0.943 bits per heavy atom. The second-order valence-corrected chi connectivity index (χ2v) is 10.8. The van der Waals surface area contributed by atoms with E-state index < -0.39 is 27.5 Å². The molecule has 0 fully saturated rings. The third kappa shape index (κ3) is 4.56. The number of aryl methyl sites for hydroxylation is 1. The second-order valence-electron chi connectivity index (χ2n) is 8.86. The molecule has 182 valence electrons. The minimum atomic E-state index is -4.18. The van der Waals surface area contributed by atoms with Crippen LogP contribution in [0.15, 0.2) is 88.4 Å². The zero-order chi connectivity index (χ0) is 25.3. The number of benzene rings is 3. The minimum Gasteiger partial charge on any atom is -0.502 e. The molecule has 1 heterocycles. The van der Waals surface area contributed by atoms with Gasteiger partial charge in [0.2, 0.25) is 9.84 Å². The van der Waals surface area contributed by atoms with Gasteiger partial charge in [0.05, 0.1) is 11.5 Å². The molecule has 4 rings (SSSR count). The van der Waals surface area contributed by atoms with Gasteiger partial charge >= 0.3 is 0 Å². The van der Waals surface area contributed by atoms with Crippen LogP contribution in [0, 0.1) is 6.92 Å². The summed E-state index contributed by atoms with van der Waals surface area (Å²) in [6, 6.07) is 19.6. The molecule has 1 atom stereocenters. The van der Waals surface area contributed by atoms with Crippen molar-refractivity contribution in [2.75, 3.05) is 11.5 Å². The molecule has 0 saturated heterocycles. The molecular formula is C28H29NO5S. The van der Waals surface area contributed by atoms with Gasteiger partial charge in [-0.05, 0) is 67.3 Å². The molecular weight excluding hydrogens is 462 g/mol. The van der Waals surface area contributed by atoms with Gasteiger partial charge in [0.1, 0.15) is 16.7 Å². The van der Waals surface area contributed by atoms with Crippen LogP contribution in [0.4, 0.5) is 5.69 Å². The van der Waals surface area contributed by atoms with Crippen molar-refractivity contribution < 1.29 is 23.1 Å². The lowest BCUT2D eigenvalue weighted by Gasteiger charge is -2.27. The fourth-order valence-electron chi connectivity index (χ4n) is 4.20. The lowest BCUT2D eigenvalue weighted by molar-refractivity contribution is -0.117. The van der Waals surface area contributed by atoms with Gasteiger partial charge in [0.25, 0.3) is 5.91 Å². The Kier molecular flexibility index (Phi) is 6.72. The SMILES string of the molecule is CCOc1ccc([C@H]2C(S(=O)(=O)c3ccc(C)cc3)=C(O)C(=O)N2c2ccc(C(C)C)cc2)cc1. The highest BCUT2D eigenvalue weighted by Gasteiger charge is 2.47. The molecule has 7 heteroatoms. The third-order valence-electron chi connectivity index (χ3n) is 6.13. The Bertz CT molecular complexity index is 1360. The van der Waals surface area contributed by atoms with E-state index >= 15 is 0 Å². The number of ether oxygens (including phenoxy) is 1. The van der Waals surface area contributed by atoms with Crippen molar-refractivity contribution >= 4 is 21.4 Å². The van der Waals surface area contributed by atoms with Crippen molar-refractivity contribution in [3.8, 4) is 5.75 Å². The Morgan fingerprint density at radius 3 is 2.09 bits per heavy atom. The average Bonchev–Trinajstić information content (AvgIpc) is 3.11. The molecule has 3 aromatic rings. The number of nitrogens with zero attached hydrogens (tertiary/aromatic N) is 1. The Hall–Kier alpha value is -3.58. The van der Waals surface area contributed by atoms with E-state index in [1.54, 1.807) is 48.5 Å². The van der Waals surface area contributed by atoms with Crippen LogP contribution in [0.2, 0.25) is 0 Å².